The van der Waals surface area contributed by atoms with E-state index in [1.54, 1.807) is 30.3 Å². The van der Waals surface area contributed by atoms with E-state index in [1.807, 2.05) is 24.6 Å². The molecule has 0 fully saturated rings. The van der Waals surface area contributed by atoms with Crippen molar-refractivity contribution in [3.05, 3.63) is 48.3 Å². The number of hydrogen-bond donors (Lipinski definition) is 1. The second kappa shape index (κ2) is 5.58. The van der Waals surface area contributed by atoms with Crippen LogP contribution in [0, 0.1) is 6.92 Å². The summed E-state index contributed by atoms with van der Waals surface area (Å²) >= 11 is 0. The van der Waals surface area contributed by atoms with E-state index in [2.05, 4.69) is 9.71 Å². The third-order valence-corrected chi connectivity index (χ3v) is 5.14. The van der Waals surface area contributed by atoms with E-state index in [0.717, 1.165) is 16.9 Å². The number of nitrogens with zero attached hydrogens (tertiary/aromatic N) is 2. The molecule has 0 spiro atoms. The Balaban J connectivity index is 2.00. The second-order valence-electron chi connectivity index (χ2n) is 5.18. The highest BCUT2D eigenvalue weighted by Crippen LogP contribution is 2.26. The smallest absolute Gasteiger partial charge is 0.265 e. The molecule has 0 amide bonds. The predicted octanol–water partition coefficient (Wildman–Crippen LogP) is 2.69. The Bertz CT molecular complexity index is 977. The van der Waals surface area contributed by atoms with Gasteiger partial charge in [0.1, 0.15) is 16.5 Å². The van der Waals surface area contributed by atoms with Crippen molar-refractivity contribution in [2.24, 2.45) is 7.05 Å². The Morgan fingerprint density at radius 2 is 1.91 bits per heavy atom. The van der Waals surface area contributed by atoms with E-state index in [1.165, 1.54) is 13.2 Å². The minimum absolute atomic E-state index is 0.0970. The number of benzene rings is 2. The van der Waals surface area contributed by atoms with Gasteiger partial charge in [0.05, 0.1) is 23.8 Å². The molecule has 0 aliphatic heterocycles. The zero-order chi connectivity index (χ0) is 16.6. The number of rotatable bonds is 4. The average Bonchev–Trinajstić information content (AvgIpc) is 2.81. The highest BCUT2D eigenvalue weighted by Gasteiger charge is 2.19. The molecule has 0 saturated heterocycles. The molecule has 1 heterocycles. The molecule has 7 heteroatoms. The average molecular weight is 331 g/mol. The Hall–Kier alpha value is -2.54. The monoisotopic (exact) mass is 331 g/mol. The predicted molar refractivity (Wildman–Crippen MR) is 89.3 cm³/mol. The van der Waals surface area contributed by atoms with Gasteiger partial charge < -0.3 is 9.30 Å². The first-order chi connectivity index (χ1) is 10.9. The summed E-state index contributed by atoms with van der Waals surface area (Å²) in [6.07, 6.45) is 0. The number of nitrogens with one attached hydrogen (secondary N) is 1. The van der Waals surface area contributed by atoms with Crippen LogP contribution in [0.3, 0.4) is 0 Å². The zero-order valence-corrected chi connectivity index (χ0v) is 13.9. The van der Waals surface area contributed by atoms with Gasteiger partial charge in [0.15, 0.2) is 0 Å². The van der Waals surface area contributed by atoms with Crippen LogP contribution in [-0.2, 0) is 17.1 Å². The normalized spacial score (nSPS) is 11.6. The highest BCUT2D eigenvalue weighted by atomic mass is 32.2. The summed E-state index contributed by atoms with van der Waals surface area (Å²) in [6, 6.07) is 11.8. The number of anilines is 1. The molecular formula is C16H17N3O3S. The summed E-state index contributed by atoms with van der Waals surface area (Å²) in [5.41, 5.74) is 2.15. The van der Waals surface area contributed by atoms with Crippen molar-refractivity contribution in [3.8, 4) is 5.75 Å². The molecule has 1 N–H and O–H groups in total. The molecule has 2 aromatic carbocycles. The van der Waals surface area contributed by atoms with Gasteiger partial charge in [-0.1, -0.05) is 12.1 Å². The first kappa shape index (κ1) is 15.4. The van der Waals surface area contributed by atoms with Crippen molar-refractivity contribution in [3.63, 3.8) is 0 Å². The van der Waals surface area contributed by atoms with Gasteiger partial charge in [-0.15, -0.1) is 0 Å². The Morgan fingerprint density at radius 3 is 2.65 bits per heavy atom. The van der Waals surface area contributed by atoms with Crippen molar-refractivity contribution in [2.75, 3.05) is 11.8 Å². The molecule has 0 aliphatic carbocycles. The number of para-hydroxylation sites is 1. The van der Waals surface area contributed by atoms with Gasteiger partial charge in [-0.3, -0.25) is 4.72 Å². The summed E-state index contributed by atoms with van der Waals surface area (Å²) in [7, 11) is -0.376. The molecular weight excluding hydrogens is 314 g/mol. The molecule has 0 aliphatic rings. The van der Waals surface area contributed by atoms with Crippen molar-refractivity contribution < 1.29 is 13.2 Å². The number of aromatic nitrogens is 2. The lowest BCUT2D eigenvalue weighted by molar-refractivity contribution is 0.403. The maximum atomic E-state index is 12.6. The molecule has 0 atom stereocenters. The summed E-state index contributed by atoms with van der Waals surface area (Å²) in [5.74, 6) is 1.17. The van der Waals surface area contributed by atoms with Crippen LogP contribution in [0.15, 0.2) is 47.4 Å². The van der Waals surface area contributed by atoms with Crippen LogP contribution in [0.1, 0.15) is 5.82 Å². The first-order valence-corrected chi connectivity index (χ1v) is 8.49. The summed E-state index contributed by atoms with van der Waals surface area (Å²) < 4.78 is 34.8. The van der Waals surface area contributed by atoms with Gasteiger partial charge in [-0.2, -0.15) is 0 Å². The highest BCUT2D eigenvalue weighted by molar-refractivity contribution is 7.92. The van der Waals surface area contributed by atoms with Crippen LogP contribution in [0.25, 0.3) is 11.0 Å². The molecule has 120 valence electrons. The van der Waals surface area contributed by atoms with Gasteiger partial charge in [0, 0.05) is 7.05 Å². The fraction of sp³-hybridized carbons (Fsp3) is 0.188. The molecule has 3 rings (SSSR count). The van der Waals surface area contributed by atoms with E-state index in [-0.39, 0.29) is 4.90 Å². The lowest BCUT2D eigenvalue weighted by Gasteiger charge is -2.11. The van der Waals surface area contributed by atoms with Crippen LogP contribution in [0.4, 0.5) is 5.69 Å². The number of hydrogen-bond acceptors (Lipinski definition) is 4. The minimum Gasteiger partial charge on any atom is -0.495 e. The number of imidazole rings is 1. The lowest BCUT2D eigenvalue weighted by atomic mass is 10.3. The van der Waals surface area contributed by atoms with Crippen molar-refractivity contribution >= 4 is 26.7 Å². The van der Waals surface area contributed by atoms with E-state index in [9.17, 15) is 8.42 Å². The van der Waals surface area contributed by atoms with E-state index < -0.39 is 10.0 Å². The van der Waals surface area contributed by atoms with E-state index >= 15 is 0 Å². The van der Waals surface area contributed by atoms with Gasteiger partial charge in [-0.25, -0.2) is 13.4 Å². The van der Waals surface area contributed by atoms with Gasteiger partial charge in [0.2, 0.25) is 0 Å². The number of aryl methyl sites for hydroxylation is 2. The van der Waals surface area contributed by atoms with E-state index in [0.29, 0.717) is 11.4 Å². The minimum atomic E-state index is -3.74. The van der Waals surface area contributed by atoms with Gasteiger partial charge >= 0.3 is 0 Å². The van der Waals surface area contributed by atoms with Crippen LogP contribution in [-0.4, -0.2) is 25.1 Å². The Labute approximate surface area is 134 Å². The van der Waals surface area contributed by atoms with Crippen molar-refractivity contribution in [2.45, 2.75) is 11.8 Å². The number of fused-ring (bicyclic) bond motifs is 1. The molecule has 3 aromatic rings. The molecule has 6 nitrogen and oxygen atoms in total. The van der Waals surface area contributed by atoms with Gasteiger partial charge in [-0.05, 0) is 37.3 Å². The molecule has 1 aromatic heterocycles. The van der Waals surface area contributed by atoms with Crippen LogP contribution >= 0.6 is 0 Å². The van der Waals surface area contributed by atoms with Crippen LogP contribution in [0.2, 0.25) is 0 Å². The SMILES string of the molecule is COc1ccccc1S(=O)(=O)Nc1ccc2c(c1)nc(C)n2C. The first-order valence-electron chi connectivity index (χ1n) is 7.01. The Kier molecular flexibility index (Phi) is 3.73. The molecule has 0 radical (unpaired) electrons. The zero-order valence-electron chi connectivity index (χ0n) is 13.1. The van der Waals surface area contributed by atoms with Gasteiger partial charge in [0.25, 0.3) is 10.0 Å². The fourth-order valence-electron chi connectivity index (χ4n) is 2.43. The van der Waals surface area contributed by atoms with E-state index in [4.69, 9.17) is 4.74 Å². The molecule has 0 unspecified atom stereocenters. The summed E-state index contributed by atoms with van der Waals surface area (Å²) in [5, 5.41) is 0. The van der Waals surface area contributed by atoms with Crippen LogP contribution < -0.4 is 9.46 Å². The maximum Gasteiger partial charge on any atom is 0.265 e. The third kappa shape index (κ3) is 2.75. The maximum absolute atomic E-state index is 12.6. The lowest BCUT2D eigenvalue weighted by Crippen LogP contribution is -2.14. The standard InChI is InChI=1S/C16H17N3O3S/c1-11-17-13-10-12(8-9-14(13)19(11)2)18-23(20,21)16-7-5-4-6-15(16)22-3/h4-10,18H,1-3H3. The fourth-order valence-corrected chi connectivity index (χ4v) is 3.66. The Morgan fingerprint density at radius 1 is 1.17 bits per heavy atom. The topological polar surface area (TPSA) is 73.2 Å². The molecule has 23 heavy (non-hydrogen) atoms. The summed E-state index contributed by atoms with van der Waals surface area (Å²) in [6.45, 7) is 1.90. The van der Waals surface area contributed by atoms with Crippen LogP contribution in [0.5, 0.6) is 5.75 Å². The number of ether oxygens (including phenoxy) is 1. The quantitative estimate of drug-likeness (QED) is 0.798. The largest absolute Gasteiger partial charge is 0.495 e. The molecule has 0 bridgehead atoms. The number of sulfonamides is 1. The summed E-state index contributed by atoms with van der Waals surface area (Å²) in [4.78, 5) is 4.51. The number of methoxy groups -OCH3 is 1. The van der Waals surface area contributed by atoms with Crippen molar-refractivity contribution in [1.29, 1.82) is 0 Å². The third-order valence-electron chi connectivity index (χ3n) is 3.72. The second-order valence-corrected chi connectivity index (χ2v) is 6.83. The van der Waals surface area contributed by atoms with Crippen molar-refractivity contribution in [1.82, 2.24) is 9.55 Å². The molecule has 0 saturated carbocycles.